The highest BCUT2D eigenvalue weighted by atomic mass is 15.2. The molecule has 5 unspecified atom stereocenters. The van der Waals surface area contributed by atoms with Crippen molar-refractivity contribution in [3.63, 3.8) is 0 Å². The number of nitrogens with one attached hydrogen (secondary N) is 1. The highest BCUT2D eigenvalue weighted by molar-refractivity contribution is 5.28. The lowest BCUT2D eigenvalue weighted by molar-refractivity contribution is 0.233. The second kappa shape index (κ2) is 8.16. The van der Waals surface area contributed by atoms with E-state index in [0.717, 1.165) is 18.3 Å². The number of fused-ring (bicyclic) bond motifs is 3. The SMILES string of the molecule is CN/C=C\C=C/CC1C=CC=C(N2C3C=CCCC3C3C=CCCC32)C1. The predicted molar refractivity (Wildman–Crippen MR) is 110 cm³/mol. The number of hydrogen-bond acceptors (Lipinski definition) is 2. The van der Waals surface area contributed by atoms with E-state index in [9.17, 15) is 0 Å². The van der Waals surface area contributed by atoms with E-state index in [0.29, 0.717) is 18.0 Å². The second-order valence-electron chi connectivity index (χ2n) is 8.04. The first-order valence-electron chi connectivity index (χ1n) is 10.4. The van der Waals surface area contributed by atoms with Crippen LogP contribution in [0, 0.1) is 17.8 Å². The highest BCUT2D eigenvalue weighted by Crippen LogP contribution is 2.48. The molecule has 5 atom stereocenters. The van der Waals surface area contributed by atoms with Crippen molar-refractivity contribution in [3.05, 3.63) is 72.7 Å². The standard InChI is InChI=1S/C24H32N2/c1-25-17-8-2-3-10-19-11-9-12-20(18-19)26-23-15-6-4-13-21(23)22-14-5-7-16-24(22)26/h2-4,7-9,11-13,16-17,19,21-25H,5-6,10,14-15,18H2,1H3/b3-2-,17-8-. The van der Waals surface area contributed by atoms with Crippen LogP contribution in [0.5, 0.6) is 0 Å². The van der Waals surface area contributed by atoms with Gasteiger partial charge in [-0.1, -0.05) is 48.6 Å². The van der Waals surface area contributed by atoms with Crippen molar-refractivity contribution in [2.75, 3.05) is 7.05 Å². The smallest absolute Gasteiger partial charge is 0.0508 e. The first-order chi connectivity index (χ1) is 12.9. The summed E-state index contributed by atoms with van der Waals surface area (Å²) < 4.78 is 0. The Bertz CT molecular complexity index is 664. The van der Waals surface area contributed by atoms with Gasteiger partial charge in [0.05, 0.1) is 6.04 Å². The van der Waals surface area contributed by atoms with Gasteiger partial charge in [0.15, 0.2) is 0 Å². The molecule has 0 aromatic rings. The van der Waals surface area contributed by atoms with Gasteiger partial charge >= 0.3 is 0 Å². The van der Waals surface area contributed by atoms with Crippen LogP contribution in [-0.4, -0.2) is 24.0 Å². The number of nitrogens with zero attached hydrogens (tertiary/aromatic N) is 1. The van der Waals surface area contributed by atoms with Crippen LogP contribution in [0.25, 0.3) is 0 Å². The summed E-state index contributed by atoms with van der Waals surface area (Å²) in [5.74, 6) is 2.20. The van der Waals surface area contributed by atoms with Gasteiger partial charge in [0.25, 0.3) is 0 Å². The average Bonchev–Trinajstić information content (AvgIpc) is 3.03. The molecule has 0 spiro atoms. The van der Waals surface area contributed by atoms with E-state index in [1.54, 1.807) is 5.70 Å². The molecule has 4 rings (SSSR count). The van der Waals surface area contributed by atoms with Gasteiger partial charge in [-0.25, -0.2) is 0 Å². The normalized spacial score (nSPS) is 35.8. The van der Waals surface area contributed by atoms with Crippen LogP contribution in [0.1, 0.15) is 38.5 Å². The molecular weight excluding hydrogens is 316 g/mol. The molecule has 26 heavy (non-hydrogen) atoms. The third-order valence-corrected chi connectivity index (χ3v) is 6.47. The van der Waals surface area contributed by atoms with Gasteiger partial charge in [-0.3, -0.25) is 0 Å². The van der Waals surface area contributed by atoms with Gasteiger partial charge in [-0.15, -0.1) is 0 Å². The molecule has 4 aliphatic rings. The van der Waals surface area contributed by atoms with Gasteiger partial charge in [0.2, 0.25) is 0 Å². The van der Waals surface area contributed by atoms with Crippen LogP contribution in [0.2, 0.25) is 0 Å². The van der Waals surface area contributed by atoms with Gasteiger partial charge in [-0.2, -0.15) is 0 Å². The lowest BCUT2D eigenvalue weighted by Gasteiger charge is -2.38. The minimum atomic E-state index is 0.619. The van der Waals surface area contributed by atoms with Crippen LogP contribution in [0.3, 0.4) is 0 Å². The van der Waals surface area contributed by atoms with E-state index in [2.05, 4.69) is 71.0 Å². The maximum atomic E-state index is 3.03. The van der Waals surface area contributed by atoms with Crippen molar-refractivity contribution < 1.29 is 0 Å². The summed E-state index contributed by atoms with van der Waals surface area (Å²) in [5, 5.41) is 3.03. The monoisotopic (exact) mass is 348 g/mol. The number of allylic oxidation sites excluding steroid dienone is 9. The summed E-state index contributed by atoms with van der Waals surface area (Å²) in [6.07, 6.45) is 33.0. The molecule has 0 bridgehead atoms. The van der Waals surface area contributed by atoms with Gasteiger partial charge in [0, 0.05) is 24.7 Å². The Balaban J connectivity index is 1.48. The quantitative estimate of drug-likeness (QED) is 0.548. The second-order valence-corrected chi connectivity index (χ2v) is 8.04. The molecule has 0 saturated carbocycles. The van der Waals surface area contributed by atoms with E-state index in [4.69, 9.17) is 0 Å². The fraction of sp³-hybridized carbons (Fsp3) is 0.500. The summed E-state index contributed by atoms with van der Waals surface area (Å²) in [7, 11) is 1.93. The van der Waals surface area contributed by atoms with Crippen LogP contribution < -0.4 is 5.32 Å². The Labute approximate surface area is 158 Å². The minimum Gasteiger partial charge on any atom is -0.394 e. The lowest BCUT2D eigenvalue weighted by atomic mass is 9.78. The summed E-state index contributed by atoms with van der Waals surface area (Å²) in [6, 6.07) is 1.33. The highest BCUT2D eigenvalue weighted by Gasteiger charge is 2.48. The first-order valence-corrected chi connectivity index (χ1v) is 10.4. The number of hydrogen-bond donors (Lipinski definition) is 1. The molecule has 3 aliphatic carbocycles. The third kappa shape index (κ3) is 3.47. The molecule has 0 aromatic carbocycles. The summed E-state index contributed by atoms with van der Waals surface area (Å²) in [6.45, 7) is 0. The maximum absolute atomic E-state index is 3.03. The summed E-state index contributed by atoms with van der Waals surface area (Å²) in [5.41, 5.74) is 1.57. The number of rotatable bonds is 5. The summed E-state index contributed by atoms with van der Waals surface area (Å²) >= 11 is 0. The molecule has 0 radical (unpaired) electrons. The van der Waals surface area contributed by atoms with Crippen molar-refractivity contribution in [1.82, 2.24) is 10.2 Å². The molecule has 1 aliphatic heterocycles. The molecule has 2 heteroatoms. The Morgan fingerprint density at radius 2 is 2.00 bits per heavy atom. The van der Waals surface area contributed by atoms with Gasteiger partial charge in [-0.05, 0) is 68.7 Å². The van der Waals surface area contributed by atoms with E-state index in [1.165, 1.54) is 32.1 Å². The molecule has 1 N–H and O–H groups in total. The summed E-state index contributed by atoms with van der Waals surface area (Å²) in [4.78, 5) is 2.82. The fourth-order valence-corrected chi connectivity index (χ4v) is 5.34. The topological polar surface area (TPSA) is 15.3 Å². The van der Waals surface area contributed by atoms with Crippen LogP contribution >= 0.6 is 0 Å². The molecule has 1 heterocycles. The Morgan fingerprint density at radius 1 is 1.12 bits per heavy atom. The molecule has 0 aromatic heterocycles. The van der Waals surface area contributed by atoms with Crippen LogP contribution in [-0.2, 0) is 0 Å². The van der Waals surface area contributed by atoms with Crippen molar-refractivity contribution in [3.8, 4) is 0 Å². The zero-order valence-electron chi connectivity index (χ0n) is 15.9. The molecule has 2 nitrogen and oxygen atoms in total. The molecule has 0 amide bonds. The van der Waals surface area contributed by atoms with Crippen molar-refractivity contribution in [1.29, 1.82) is 0 Å². The van der Waals surface area contributed by atoms with Crippen LogP contribution in [0.4, 0.5) is 0 Å². The van der Waals surface area contributed by atoms with E-state index >= 15 is 0 Å². The zero-order chi connectivity index (χ0) is 17.8. The third-order valence-electron chi connectivity index (χ3n) is 6.47. The average molecular weight is 349 g/mol. The fourth-order valence-electron chi connectivity index (χ4n) is 5.34. The van der Waals surface area contributed by atoms with Crippen molar-refractivity contribution in [2.24, 2.45) is 17.8 Å². The number of likely N-dealkylation sites (tertiary alicyclic amines) is 1. The van der Waals surface area contributed by atoms with Crippen molar-refractivity contribution in [2.45, 2.75) is 50.6 Å². The van der Waals surface area contributed by atoms with Gasteiger partial charge in [0.1, 0.15) is 0 Å². The molecule has 138 valence electrons. The van der Waals surface area contributed by atoms with E-state index in [1.807, 2.05) is 13.2 Å². The van der Waals surface area contributed by atoms with Crippen LogP contribution in [0.15, 0.2) is 72.7 Å². The lowest BCUT2D eigenvalue weighted by Crippen LogP contribution is -2.38. The molecule has 1 saturated heterocycles. The van der Waals surface area contributed by atoms with Gasteiger partial charge < -0.3 is 10.2 Å². The van der Waals surface area contributed by atoms with E-state index in [-0.39, 0.29) is 0 Å². The Kier molecular flexibility index (Phi) is 5.48. The predicted octanol–water partition coefficient (Wildman–Crippen LogP) is 5.11. The first kappa shape index (κ1) is 17.5. The van der Waals surface area contributed by atoms with Crippen molar-refractivity contribution >= 4 is 0 Å². The molecular formula is C24H32N2. The Morgan fingerprint density at radius 3 is 2.92 bits per heavy atom. The molecule has 1 fully saturated rings. The minimum absolute atomic E-state index is 0.619. The maximum Gasteiger partial charge on any atom is 0.0508 e. The van der Waals surface area contributed by atoms with E-state index < -0.39 is 0 Å². The zero-order valence-corrected chi connectivity index (χ0v) is 15.9. The largest absolute Gasteiger partial charge is 0.394 e. The Hall–Kier alpha value is -1.96.